The zero-order chi connectivity index (χ0) is 19.8. The minimum Gasteiger partial charge on any atom is -0.481 e. The molecule has 3 N–H and O–H groups in total. The van der Waals surface area contributed by atoms with Gasteiger partial charge in [0.1, 0.15) is 5.00 Å². The summed E-state index contributed by atoms with van der Waals surface area (Å²) < 4.78 is 0. The second-order valence-electron chi connectivity index (χ2n) is 6.16. The van der Waals surface area contributed by atoms with E-state index in [1.54, 1.807) is 0 Å². The van der Waals surface area contributed by atoms with Crippen molar-refractivity contribution in [3.63, 3.8) is 0 Å². The number of aliphatic carboxylic acids is 1. The molecule has 1 aromatic carbocycles. The van der Waals surface area contributed by atoms with Gasteiger partial charge in [-0.25, -0.2) is 0 Å². The molecule has 2 aromatic rings. The van der Waals surface area contributed by atoms with Crippen LogP contribution >= 0.6 is 11.3 Å². The van der Waals surface area contributed by atoms with Gasteiger partial charge < -0.3 is 15.7 Å². The second kappa shape index (κ2) is 9.87. The number of thiophene rings is 1. The highest BCUT2D eigenvalue weighted by atomic mass is 32.1. The van der Waals surface area contributed by atoms with Crippen molar-refractivity contribution in [2.75, 3.05) is 5.32 Å². The van der Waals surface area contributed by atoms with Crippen molar-refractivity contribution in [1.29, 1.82) is 0 Å². The summed E-state index contributed by atoms with van der Waals surface area (Å²) >= 11 is 1.37. The van der Waals surface area contributed by atoms with E-state index in [0.717, 1.165) is 16.0 Å². The molecular formula is C20H24N2O4S. The molecule has 0 aliphatic heterocycles. The molecule has 0 fully saturated rings. The van der Waals surface area contributed by atoms with E-state index in [1.165, 1.54) is 11.3 Å². The molecule has 0 aliphatic carbocycles. The number of benzene rings is 1. The first-order valence-electron chi connectivity index (χ1n) is 8.88. The van der Waals surface area contributed by atoms with Crippen LogP contribution in [0.25, 0.3) is 0 Å². The number of anilines is 1. The van der Waals surface area contributed by atoms with Gasteiger partial charge in [0.15, 0.2) is 0 Å². The quantitative estimate of drug-likeness (QED) is 0.610. The molecule has 0 saturated heterocycles. The lowest BCUT2D eigenvalue weighted by molar-refractivity contribution is -0.137. The highest BCUT2D eigenvalue weighted by molar-refractivity contribution is 7.16. The summed E-state index contributed by atoms with van der Waals surface area (Å²) in [7, 11) is 0. The largest absolute Gasteiger partial charge is 0.481 e. The van der Waals surface area contributed by atoms with Gasteiger partial charge in [0.05, 0.1) is 5.56 Å². The van der Waals surface area contributed by atoms with E-state index in [2.05, 4.69) is 10.6 Å². The molecule has 6 nitrogen and oxygen atoms in total. The fourth-order valence-electron chi connectivity index (χ4n) is 2.79. The maximum atomic E-state index is 12.8. The third-order valence-electron chi connectivity index (χ3n) is 4.13. The molecule has 0 aliphatic rings. The molecule has 7 heteroatoms. The number of carboxylic acid groups (broad SMARTS) is 1. The van der Waals surface area contributed by atoms with Crippen LogP contribution in [0.2, 0.25) is 0 Å². The minimum absolute atomic E-state index is 0.0541. The first-order chi connectivity index (χ1) is 12.9. The molecule has 1 aromatic heterocycles. The van der Waals surface area contributed by atoms with E-state index in [1.807, 2.05) is 44.2 Å². The highest BCUT2D eigenvalue weighted by Crippen LogP contribution is 2.33. The summed E-state index contributed by atoms with van der Waals surface area (Å²) in [6, 6.07) is 9.61. The van der Waals surface area contributed by atoms with Gasteiger partial charge >= 0.3 is 5.97 Å². The minimum atomic E-state index is -0.927. The normalized spacial score (nSPS) is 10.4. The number of nitrogens with one attached hydrogen (secondary N) is 2. The van der Waals surface area contributed by atoms with Gasteiger partial charge in [0, 0.05) is 24.3 Å². The number of hydrogen-bond donors (Lipinski definition) is 3. The van der Waals surface area contributed by atoms with Gasteiger partial charge in [-0.3, -0.25) is 14.4 Å². The van der Waals surface area contributed by atoms with Crippen LogP contribution in [0.5, 0.6) is 0 Å². The van der Waals surface area contributed by atoms with Crippen molar-refractivity contribution in [1.82, 2.24) is 5.32 Å². The van der Waals surface area contributed by atoms with Crippen LogP contribution in [0, 0.1) is 6.92 Å². The summed E-state index contributed by atoms with van der Waals surface area (Å²) in [5.41, 5.74) is 2.42. The predicted octanol–water partition coefficient (Wildman–Crippen LogP) is 3.74. The van der Waals surface area contributed by atoms with E-state index < -0.39 is 5.97 Å². The fourth-order valence-corrected chi connectivity index (χ4v) is 3.95. The highest BCUT2D eigenvalue weighted by Gasteiger charge is 2.22. The van der Waals surface area contributed by atoms with Crippen molar-refractivity contribution < 1.29 is 19.5 Å². The lowest BCUT2D eigenvalue weighted by Crippen LogP contribution is -2.25. The van der Waals surface area contributed by atoms with Gasteiger partial charge in [-0.1, -0.05) is 37.3 Å². The molecule has 0 bridgehead atoms. The van der Waals surface area contributed by atoms with E-state index in [0.29, 0.717) is 23.5 Å². The van der Waals surface area contributed by atoms with Gasteiger partial charge in [0.25, 0.3) is 5.91 Å². The standard InChI is InChI=1S/C20H24N2O4S/c1-3-15-13(2)27-20(22-16(23)10-7-11-17(24)25)18(15)19(26)21-12-14-8-5-4-6-9-14/h4-6,8-9H,3,7,10-12H2,1-2H3,(H,21,26)(H,22,23)(H,24,25). The first-order valence-corrected chi connectivity index (χ1v) is 9.70. The van der Waals surface area contributed by atoms with Crippen LogP contribution in [0.3, 0.4) is 0 Å². The second-order valence-corrected chi connectivity index (χ2v) is 7.38. The Morgan fingerprint density at radius 2 is 1.81 bits per heavy atom. The van der Waals surface area contributed by atoms with E-state index in [-0.39, 0.29) is 31.1 Å². The molecule has 144 valence electrons. The molecule has 1 heterocycles. The van der Waals surface area contributed by atoms with Crippen LogP contribution in [-0.2, 0) is 22.6 Å². The Morgan fingerprint density at radius 1 is 1.11 bits per heavy atom. The summed E-state index contributed by atoms with van der Waals surface area (Å²) in [5.74, 6) is -1.43. The van der Waals surface area contributed by atoms with Crippen LogP contribution < -0.4 is 10.6 Å². The van der Waals surface area contributed by atoms with E-state index >= 15 is 0 Å². The van der Waals surface area contributed by atoms with Crippen LogP contribution in [0.4, 0.5) is 5.00 Å². The maximum absolute atomic E-state index is 12.8. The summed E-state index contributed by atoms with van der Waals surface area (Å²) in [4.78, 5) is 36.5. The SMILES string of the molecule is CCc1c(C)sc(NC(=O)CCCC(=O)O)c1C(=O)NCc1ccccc1. The van der Waals surface area contributed by atoms with Crippen molar-refractivity contribution in [2.24, 2.45) is 0 Å². The van der Waals surface area contributed by atoms with Crippen LogP contribution in [0.1, 0.15) is 52.5 Å². The van der Waals surface area contributed by atoms with Gasteiger partial charge in [-0.05, 0) is 30.9 Å². The Hall–Kier alpha value is -2.67. The van der Waals surface area contributed by atoms with Crippen molar-refractivity contribution in [2.45, 2.75) is 46.1 Å². The molecule has 2 rings (SSSR count). The average Bonchev–Trinajstić information content (AvgIpc) is 2.95. The third-order valence-corrected chi connectivity index (χ3v) is 5.20. The lowest BCUT2D eigenvalue weighted by Gasteiger charge is -2.10. The number of carboxylic acids is 1. The molecule has 0 spiro atoms. The van der Waals surface area contributed by atoms with Gasteiger partial charge in [-0.2, -0.15) is 0 Å². The molecule has 2 amide bonds. The number of aryl methyl sites for hydroxylation is 1. The number of amides is 2. The maximum Gasteiger partial charge on any atom is 0.303 e. The molecule has 0 atom stereocenters. The first kappa shape index (κ1) is 20.6. The van der Waals surface area contributed by atoms with Crippen molar-refractivity contribution in [3.05, 3.63) is 51.9 Å². The Bertz CT molecular complexity index is 815. The number of carbonyl (C=O) groups is 3. The zero-order valence-corrected chi connectivity index (χ0v) is 16.3. The third kappa shape index (κ3) is 5.92. The molecule has 27 heavy (non-hydrogen) atoms. The Kier molecular flexibility index (Phi) is 7.55. The van der Waals surface area contributed by atoms with Gasteiger partial charge in [-0.15, -0.1) is 11.3 Å². The molecule has 0 unspecified atom stereocenters. The lowest BCUT2D eigenvalue weighted by atomic mass is 10.1. The van der Waals surface area contributed by atoms with Crippen molar-refractivity contribution >= 4 is 34.1 Å². The summed E-state index contributed by atoms with van der Waals surface area (Å²) in [6.07, 6.45) is 1.00. The van der Waals surface area contributed by atoms with E-state index in [9.17, 15) is 14.4 Å². The number of carbonyl (C=O) groups excluding carboxylic acids is 2. The summed E-state index contributed by atoms with van der Waals surface area (Å²) in [5, 5.41) is 14.9. The smallest absolute Gasteiger partial charge is 0.303 e. The van der Waals surface area contributed by atoms with E-state index in [4.69, 9.17) is 5.11 Å². The topological polar surface area (TPSA) is 95.5 Å². The molecular weight excluding hydrogens is 364 g/mol. The summed E-state index contributed by atoms with van der Waals surface area (Å²) in [6.45, 7) is 4.31. The predicted molar refractivity (Wildman–Crippen MR) is 106 cm³/mol. The molecule has 0 saturated carbocycles. The Balaban J connectivity index is 2.10. The molecule has 0 radical (unpaired) electrons. The average molecular weight is 388 g/mol. The number of hydrogen-bond acceptors (Lipinski definition) is 4. The Labute approximate surface area is 162 Å². The van der Waals surface area contributed by atoms with Crippen LogP contribution in [-0.4, -0.2) is 22.9 Å². The fraction of sp³-hybridized carbons (Fsp3) is 0.350. The number of rotatable bonds is 9. The van der Waals surface area contributed by atoms with Crippen LogP contribution in [0.15, 0.2) is 30.3 Å². The Morgan fingerprint density at radius 3 is 2.44 bits per heavy atom. The van der Waals surface area contributed by atoms with Crippen molar-refractivity contribution in [3.8, 4) is 0 Å². The van der Waals surface area contributed by atoms with Gasteiger partial charge in [0.2, 0.25) is 5.91 Å². The monoisotopic (exact) mass is 388 g/mol. The zero-order valence-electron chi connectivity index (χ0n) is 15.5.